The maximum Gasteiger partial charge on any atom is 0.126 e. The molecule has 0 unspecified atom stereocenters. The van der Waals surface area contributed by atoms with Crippen LogP contribution in [0.25, 0.3) is 16.7 Å². The van der Waals surface area contributed by atoms with E-state index in [2.05, 4.69) is 69.6 Å². The second-order valence-electron chi connectivity index (χ2n) is 8.54. The van der Waals surface area contributed by atoms with Gasteiger partial charge in [0, 0.05) is 43.1 Å². The SMILES string of the molecule is CC/C=C(/N=C\C=C(/C)c1cc(C#N)cc(N2CCOCC2)c1)Nc1ccc(-c2ccncc2)cc1. The van der Waals surface area contributed by atoms with Crippen molar-refractivity contribution in [3.63, 3.8) is 0 Å². The number of morpholine rings is 1. The quantitative estimate of drug-likeness (QED) is 0.386. The Labute approximate surface area is 213 Å². The van der Waals surface area contributed by atoms with Gasteiger partial charge in [0.2, 0.25) is 0 Å². The number of nitrogens with zero attached hydrogens (tertiary/aromatic N) is 4. The Balaban J connectivity index is 1.47. The van der Waals surface area contributed by atoms with E-state index in [0.29, 0.717) is 18.8 Å². The summed E-state index contributed by atoms with van der Waals surface area (Å²) in [7, 11) is 0. The fourth-order valence-electron chi connectivity index (χ4n) is 4.00. The molecule has 182 valence electrons. The van der Waals surface area contributed by atoms with Crippen molar-refractivity contribution in [3.8, 4) is 17.2 Å². The van der Waals surface area contributed by atoms with E-state index in [1.807, 2.05) is 43.5 Å². The number of aromatic nitrogens is 1. The first kappa shape index (κ1) is 24.9. The van der Waals surface area contributed by atoms with E-state index in [1.54, 1.807) is 12.4 Å². The van der Waals surface area contributed by atoms with Gasteiger partial charge >= 0.3 is 0 Å². The standard InChI is InChI=1S/C30H31N5O/c1-3-4-30(34-28-7-5-25(6-8-28)26-10-12-32-13-11-26)33-14-9-23(2)27-19-24(22-31)20-29(21-27)35-15-17-36-18-16-35/h4-14,19-21,34H,3,15-18H2,1-2H3/b23-9+,30-4-,33-14-. The van der Waals surface area contributed by atoms with Gasteiger partial charge in [0.05, 0.1) is 24.8 Å². The number of allylic oxidation sites excluding steroid dienone is 3. The molecule has 2 heterocycles. The number of ether oxygens (including phenoxy) is 1. The molecule has 1 N–H and O–H groups in total. The van der Waals surface area contributed by atoms with Gasteiger partial charge in [-0.05, 0) is 90.2 Å². The zero-order valence-electron chi connectivity index (χ0n) is 20.8. The molecule has 1 saturated heterocycles. The highest BCUT2D eigenvalue weighted by Crippen LogP contribution is 2.25. The summed E-state index contributed by atoms with van der Waals surface area (Å²) in [4.78, 5) is 11.0. The maximum absolute atomic E-state index is 9.54. The smallest absolute Gasteiger partial charge is 0.126 e. The van der Waals surface area contributed by atoms with Crippen LogP contribution < -0.4 is 10.2 Å². The van der Waals surface area contributed by atoms with Gasteiger partial charge in [0.25, 0.3) is 0 Å². The van der Waals surface area contributed by atoms with Crippen molar-refractivity contribution in [2.45, 2.75) is 20.3 Å². The molecular weight excluding hydrogens is 446 g/mol. The molecule has 3 aromatic rings. The van der Waals surface area contributed by atoms with Crippen molar-refractivity contribution in [1.82, 2.24) is 4.98 Å². The van der Waals surface area contributed by atoms with E-state index in [1.165, 1.54) is 0 Å². The van der Waals surface area contributed by atoms with Crippen molar-refractivity contribution in [2.24, 2.45) is 4.99 Å². The number of aliphatic imine (C=N–C) groups is 1. The molecule has 6 nitrogen and oxygen atoms in total. The highest BCUT2D eigenvalue weighted by Gasteiger charge is 2.13. The van der Waals surface area contributed by atoms with Gasteiger partial charge in [0.1, 0.15) is 5.82 Å². The predicted molar refractivity (Wildman–Crippen MR) is 148 cm³/mol. The number of hydrogen-bond acceptors (Lipinski definition) is 6. The summed E-state index contributed by atoms with van der Waals surface area (Å²) in [5.74, 6) is 0.790. The second kappa shape index (κ2) is 12.5. The van der Waals surface area contributed by atoms with Gasteiger partial charge < -0.3 is 15.0 Å². The third-order valence-corrected chi connectivity index (χ3v) is 5.99. The Morgan fingerprint density at radius 2 is 1.81 bits per heavy atom. The minimum absolute atomic E-state index is 0.655. The minimum Gasteiger partial charge on any atom is -0.378 e. The normalized spacial score (nSPS) is 14.6. The summed E-state index contributed by atoms with van der Waals surface area (Å²) in [6.07, 6.45) is 10.3. The van der Waals surface area contributed by atoms with Crippen LogP contribution in [0.3, 0.4) is 0 Å². The molecule has 0 amide bonds. The summed E-state index contributed by atoms with van der Waals surface area (Å²) in [6, 6.07) is 20.6. The molecule has 0 saturated carbocycles. The molecule has 1 aliphatic rings. The summed E-state index contributed by atoms with van der Waals surface area (Å²) in [6.45, 7) is 7.21. The van der Waals surface area contributed by atoms with Crippen LogP contribution in [0.1, 0.15) is 31.4 Å². The van der Waals surface area contributed by atoms with E-state index in [4.69, 9.17) is 4.74 Å². The third-order valence-electron chi connectivity index (χ3n) is 5.99. The molecule has 36 heavy (non-hydrogen) atoms. The van der Waals surface area contributed by atoms with Gasteiger partial charge in [-0.1, -0.05) is 19.1 Å². The van der Waals surface area contributed by atoms with Crippen LogP contribution in [0, 0.1) is 11.3 Å². The molecule has 0 atom stereocenters. The first-order valence-corrected chi connectivity index (χ1v) is 12.2. The Bertz CT molecular complexity index is 1280. The zero-order chi connectivity index (χ0) is 25.2. The maximum atomic E-state index is 9.54. The molecule has 1 aromatic heterocycles. The van der Waals surface area contributed by atoms with Gasteiger partial charge in [-0.3, -0.25) is 4.98 Å². The Morgan fingerprint density at radius 3 is 2.50 bits per heavy atom. The molecule has 0 spiro atoms. The van der Waals surface area contributed by atoms with E-state index >= 15 is 0 Å². The van der Waals surface area contributed by atoms with E-state index in [-0.39, 0.29) is 0 Å². The van der Waals surface area contributed by atoms with Crippen LogP contribution in [0.5, 0.6) is 0 Å². The van der Waals surface area contributed by atoms with Gasteiger partial charge in [-0.25, -0.2) is 4.99 Å². The highest BCUT2D eigenvalue weighted by atomic mass is 16.5. The van der Waals surface area contributed by atoms with Gasteiger partial charge in [-0.15, -0.1) is 0 Å². The highest BCUT2D eigenvalue weighted by molar-refractivity contribution is 5.85. The van der Waals surface area contributed by atoms with Crippen molar-refractivity contribution in [1.29, 1.82) is 5.26 Å². The van der Waals surface area contributed by atoms with Gasteiger partial charge in [-0.2, -0.15) is 5.26 Å². The van der Waals surface area contributed by atoms with Crippen LogP contribution >= 0.6 is 0 Å². The summed E-state index contributed by atoms with van der Waals surface area (Å²) in [5, 5.41) is 12.9. The number of hydrogen-bond donors (Lipinski definition) is 1. The minimum atomic E-state index is 0.655. The predicted octanol–water partition coefficient (Wildman–Crippen LogP) is 6.29. The van der Waals surface area contributed by atoms with Crippen molar-refractivity contribution < 1.29 is 4.74 Å². The second-order valence-corrected chi connectivity index (χ2v) is 8.54. The fraction of sp³-hybridized carbons (Fsp3) is 0.233. The average Bonchev–Trinajstić information content (AvgIpc) is 2.94. The third kappa shape index (κ3) is 6.68. The number of benzene rings is 2. The van der Waals surface area contributed by atoms with E-state index in [0.717, 1.165) is 59.0 Å². The number of pyridine rings is 1. The Morgan fingerprint density at radius 1 is 1.08 bits per heavy atom. The largest absolute Gasteiger partial charge is 0.378 e. The lowest BCUT2D eigenvalue weighted by Gasteiger charge is -2.29. The molecule has 1 fully saturated rings. The first-order valence-electron chi connectivity index (χ1n) is 12.2. The van der Waals surface area contributed by atoms with Crippen molar-refractivity contribution in [3.05, 3.63) is 96.1 Å². The van der Waals surface area contributed by atoms with Crippen LogP contribution in [0.4, 0.5) is 11.4 Å². The lowest BCUT2D eigenvalue weighted by atomic mass is 10.0. The monoisotopic (exact) mass is 477 g/mol. The van der Waals surface area contributed by atoms with Gasteiger partial charge in [0.15, 0.2) is 0 Å². The molecule has 6 heteroatoms. The van der Waals surface area contributed by atoms with Crippen molar-refractivity contribution in [2.75, 3.05) is 36.5 Å². The molecule has 2 aromatic carbocycles. The molecule has 0 bridgehead atoms. The molecular formula is C30H31N5O. The lowest BCUT2D eigenvalue weighted by molar-refractivity contribution is 0.122. The van der Waals surface area contributed by atoms with E-state index < -0.39 is 0 Å². The summed E-state index contributed by atoms with van der Waals surface area (Å²) in [5.41, 5.74) is 7.02. The molecule has 1 aliphatic heterocycles. The Kier molecular flexibility index (Phi) is 8.63. The van der Waals surface area contributed by atoms with Crippen LogP contribution in [-0.2, 0) is 4.74 Å². The van der Waals surface area contributed by atoms with Crippen molar-refractivity contribution >= 4 is 23.2 Å². The molecule has 0 aliphatic carbocycles. The zero-order valence-corrected chi connectivity index (χ0v) is 20.8. The van der Waals surface area contributed by atoms with Crippen LogP contribution in [-0.4, -0.2) is 37.5 Å². The molecule has 0 radical (unpaired) electrons. The first-order chi connectivity index (χ1) is 17.7. The fourth-order valence-corrected chi connectivity index (χ4v) is 4.00. The van der Waals surface area contributed by atoms with E-state index in [9.17, 15) is 5.26 Å². The number of anilines is 2. The topological polar surface area (TPSA) is 73.5 Å². The number of nitrogens with one attached hydrogen (secondary N) is 1. The lowest BCUT2D eigenvalue weighted by Crippen LogP contribution is -2.36. The summed E-state index contributed by atoms with van der Waals surface area (Å²) >= 11 is 0. The molecule has 4 rings (SSSR count). The Hall–Kier alpha value is -4.21. The van der Waals surface area contributed by atoms with Crippen LogP contribution in [0.2, 0.25) is 0 Å². The average molecular weight is 478 g/mol. The number of nitriles is 1. The number of rotatable bonds is 8. The van der Waals surface area contributed by atoms with Crippen LogP contribution in [0.15, 0.2) is 90.0 Å². The summed E-state index contributed by atoms with van der Waals surface area (Å²) < 4.78 is 5.47.